The lowest BCUT2D eigenvalue weighted by molar-refractivity contribution is -0.118. The Hall–Kier alpha value is -0.790. The van der Waals surface area contributed by atoms with Crippen LogP contribution in [0.3, 0.4) is 0 Å². The van der Waals surface area contributed by atoms with E-state index in [1.165, 1.54) is 6.92 Å². The van der Waals surface area contributed by atoms with E-state index >= 15 is 0 Å². The molecule has 2 nitrogen and oxygen atoms in total. The van der Waals surface area contributed by atoms with Crippen molar-refractivity contribution in [2.75, 3.05) is 0 Å². The molecule has 0 fully saturated rings. The fraction of sp³-hybridized carbons (Fsp3) is 0.571. The van der Waals surface area contributed by atoms with Crippen molar-refractivity contribution in [1.82, 2.24) is 5.32 Å². The van der Waals surface area contributed by atoms with E-state index in [0.29, 0.717) is 0 Å². The standard InChI is InChI=1S/C5H9NO.C2H6/c1-3-4-6-5(2)7;1-2/h3-4H,1-2H3,(H,6,7);1-2H3/b4-3-;. The quantitative estimate of drug-likeness (QED) is 0.573. The van der Waals surface area contributed by atoms with E-state index in [2.05, 4.69) is 5.32 Å². The second kappa shape index (κ2) is 10.2. The monoisotopic (exact) mass is 129 g/mol. The van der Waals surface area contributed by atoms with Gasteiger partial charge in [0.15, 0.2) is 0 Å². The Kier molecular flexibility index (Phi) is 12.6. The van der Waals surface area contributed by atoms with Crippen molar-refractivity contribution in [1.29, 1.82) is 0 Å². The minimum Gasteiger partial charge on any atom is -0.333 e. The van der Waals surface area contributed by atoms with Gasteiger partial charge in [-0.3, -0.25) is 4.79 Å². The molecule has 1 amide bonds. The molecule has 0 atom stereocenters. The molecule has 0 aliphatic heterocycles. The van der Waals surface area contributed by atoms with Crippen molar-refractivity contribution in [2.24, 2.45) is 0 Å². The van der Waals surface area contributed by atoms with Crippen LogP contribution in [0.1, 0.15) is 27.7 Å². The van der Waals surface area contributed by atoms with E-state index in [0.717, 1.165) is 0 Å². The molecule has 0 saturated heterocycles. The van der Waals surface area contributed by atoms with Crippen molar-refractivity contribution in [3.8, 4) is 0 Å². The zero-order chi connectivity index (χ0) is 7.70. The number of hydrogen-bond acceptors (Lipinski definition) is 1. The molecule has 0 rings (SSSR count). The molecular formula is C7H15NO. The smallest absolute Gasteiger partial charge is 0.220 e. The van der Waals surface area contributed by atoms with Crippen LogP contribution in [0.2, 0.25) is 0 Å². The Labute approximate surface area is 57.0 Å². The second-order valence-electron chi connectivity index (χ2n) is 1.20. The fourth-order valence-electron chi connectivity index (χ4n) is 0.201. The lowest BCUT2D eigenvalue weighted by Gasteiger charge is -1.85. The van der Waals surface area contributed by atoms with Gasteiger partial charge in [-0.05, 0) is 13.1 Å². The van der Waals surface area contributed by atoms with Crippen LogP contribution in [-0.4, -0.2) is 5.91 Å². The lowest BCUT2D eigenvalue weighted by atomic mass is 10.6. The van der Waals surface area contributed by atoms with Gasteiger partial charge in [0, 0.05) is 6.92 Å². The number of nitrogens with one attached hydrogen (secondary N) is 1. The molecular weight excluding hydrogens is 114 g/mol. The summed E-state index contributed by atoms with van der Waals surface area (Å²) in [6.45, 7) is 7.32. The van der Waals surface area contributed by atoms with E-state index in [9.17, 15) is 4.79 Å². The highest BCUT2D eigenvalue weighted by atomic mass is 16.1. The molecule has 0 aliphatic rings. The van der Waals surface area contributed by atoms with E-state index in [1.807, 2.05) is 20.8 Å². The van der Waals surface area contributed by atoms with Gasteiger partial charge in [0.25, 0.3) is 0 Å². The molecule has 2 heteroatoms. The van der Waals surface area contributed by atoms with Gasteiger partial charge in [0.05, 0.1) is 0 Å². The summed E-state index contributed by atoms with van der Waals surface area (Å²) in [5.41, 5.74) is 0. The Bertz CT molecular complexity index is 86.9. The number of carbonyl (C=O) groups excluding carboxylic acids is 1. The molecule has 0 aromatic rings. The van der Waals surface area contributed by atoms with Crippen LogP contribution in [0.5, 0.6) is 0 Å². The maximum atomic E-state index is 10.0. The van der Waals surface area contributed by atoms with Crippen molar-refractivity contribution in [3.63, 3.8) is 0 Å². The highest BCUT2D eigenvalue weighted by molar-refractivity contribution is 5.73. The van der Waals surface area contributed by atoms with Gasteiger partial charge in [0.1, 0.15) is 0 Å². The molecule has 0 radical (unpaired) electrons. The van der Waals surface area contributed by atoms with Crippen molar-refractivity contribution >= 4 is 5.91 Å². The fourth-order valence-corrected chi connectivity index (χ4v) is 0.201. The largest absolute Gasteiger partial charge is 0.333 e. The highest BCUT2D eigenvalue weighted by Gasteiger charge is 1.77. The predicted molar refractivity (Wildman–Crippen MR) is 40.0 cm³/mol. The summed E-state index contributed by atoms with van der Waals surface area (Å²) < 4.78 is 0. The number of rotatable bonds is 1. The van der Waals surface area contributed by atoms with E-state index in [4.69, 9.17) is 0 Å². The molecule has 1 N–H and O–H groups in total. The zero-order valence-corrected chi connectivity index (χ0v) is 6.56. The SMILES string of the molecule is C/C=C\NC(C)=O.CC. The minimum atomic E-state index is -0.0295. The summed E-state index contributed by atoms with van der Waals surface area (Å²) in [7, 11) is 0. The van der Waals surface area contributed by atoms with Gasteiger partial charge in [0.2, 0.25) is 5.91 Å². The van der Waals surface area contributed by atoms with E-state index < -0.39 is 0 Å². The first-order valence-electron chi connectivity index (χ1n) is 3.15. The molecule has 0 aliphatic carbocycles. The third-order valence-electron chi connectivity index (χ3n) is 0.453. The number of carbonyl (C=O) groups is 1. The average molecular weight is 129 g/mol. The van der Waals surface area contributed by atoms with Gasteiger partial charge in [-0.1, -0.05) is 19.9 Å². The van der Waals surface area contributed by atoms with Crippen LogP contribution in [-0.2, 0) is 4.79 Å². The topological polar surface area (TPSA) is 29.1 Å². The van der Waals surface area contributed by atoms with Crippen LogP contribution in [0.25, 0.3) is 0 Å². The summed E-state index contributed by atoms with van der Waals surface area (Å²) in [5.74, 6) is -0.0295. The Morgan fingerprint density at radius 2 is 1.89 bits per heavy atom. The number of hydrogen-bond donors (Lipinski definition) is 1. The van der Waals surface area contributed by atoms with Crippen LogP contribution in [0.15, 0.2) is 12.3 Å². The van der Waals surface area contributed by atoms with Crippen molar-refractivity contribution < 1.29 is 4.79 Å². The first kappa shape index (κ1) is 11.1. The first-order chi connectivity index (χ1) is 4.27. The lowest BCUT2D eigenvalue weighted by Crippen LogP contribution is -2.10. The summed E-state index contributed by atoms with van der Waals surface area (Å²) in [4.78, 5) is 10.0. The summed E-state index contributed by atoms with van der Waals surface area (Å²) >= 11 is 0. The molecule has 0 saturated carbocycles. The highest BCUT2D eigenvalue weighted by Crippen LogP contribution is 1.61. The Morgan fingerprint density at radius 1 is 1.44 bits per heavy atom. The van der Waals surface area contributed by atoms with Gasteiger partial charge >= 0.3 is 0 Å². The van der Waals surface area contributed by atoms with Gasteiger partial charge < -0.3 is 5.32 Å². The Balaban J connectivity index is 0. The van der Waals surface area contributed by atoms with Crippen LogP contribution < -0.4 is 5.32 Å². The second-order valence-corrected chi connectivity index (χ2v) is 1.20. The molecule has 0 aromatic carbocycles. The maximum absolute atomic E-state index is 10.0. The number of allylic oxidation sites excluding steroid dienone is 1. The molecule has 9 heavy (non-hydrogen) atoms. The molecule has 0 heterocycles. The molecule has 0 spiro atoms. The van der Waals surface area contributed by atoms with Crippen molar-refractivity contribution in [2.45, 2.75) is 27.7 Å². The number of amides is 1. The zero-order valence-electron chi connectivity index (χ0n) is 6.56. The van der Waals surface area contributed by atoms with E-state index in [-0.39, 0.29) is 5.91 Å². The third kappa shape index (κ3) is 19.0. The van der Waals surface area contributed by atoms with Crippen LogP contribution >= 0.6 is 0 Å². The summed E-state index contributed by atoms with van der Waals surface area (Å²) in [5, 5.41) is 2.48. The maximum Gasteiger partial charge on any atom is 0.220 e. The van der Waals surface area contributed by atoms with Gasteiger partial charge in [-0.25, -0.2) is 0 Å². The average Bonchev–Trinajstić information content (AvgIpc) is 1.88. The van der Waals surface area contributed by atoms with Crippen LogP contribution in [0, 0.1) is 0 Å². The van der Waals surface area contributed by atoms with E-state index in [1.54, 1.807) is 12.3 Å². The molecule has 54 valence electrons. The van der Waals surface area contributed by atoms with Gasteiger partial charge in [-0.2, -0.15) is 0 Å². The normalized spacial score (nSPS) is 8.00. The summed E-state index contributed by atoms with van der Waals surface area (Å²) in [6, 6.07) is 0. The van der Waals surface area contributed by atoms with Crippen LogP contribution in [0.4, 0.5) is 0 Å². The molecule has 0 unspecified atom stereocenters. The predicted octanol–water partition coefficient (Wildman–Crippen LogP) is 1.68. The minimum absolute atomic E-state index is 0.0295. The summed E-state index contributed by atoms with van der Waals surface area (Å²) in [6.07, 6.45) is 3.36. The third-order valence-corrected chi connectivity index (χ3v) is 0.453. The molecule has 0 bridgehead atoms. The van der Waals surface area contributed by atoms with Gasteiger partial charge in [-0.15, -0.1) is 0 Å². The van der Waals surface area contributed by atoms with Crippen molar-refractivity contribution in [3.05, 3.63) is 12.3 Å². The molecule has 0 aromatic heterocycles. The first-order valence-corrected chi connectivity index (χ1v) is 3.15. The Morgan fingerprint density at radius 3 is 2.00 bits per heavy atom.